The minimum Gasteiger partial charge on any atom is -0.482 e. The Morgan fingerprint density at radius 3 is 2.97 bits per heavy atom. The van der Waals surface area contributed by atoms with Crippen molar-refractivity contribution in [1.82, 2.24) is 9.88 Å². The SMILES string of the molecule is N#Cc1ccccc1OCC(=O)N1C[C@@H](C(=O)Nc2ccc3oc(=O)[nH]c3c2)C[C@H]2OCC[C@H]21. The van der Waals surface area contributed by atoms with E-state index in [1.165, 1.54) is 0 Å². The second-order valence-corrected chi connectivity index (χ2v) is 8.36. The first kappa shape index (κ1) is 21.7. The number of nitriles is 1. The van der Waals surface area contributed by atoms with Gasteiger partial charge in [-0.25, -0.2) is 4.79 Å². The maximum absolute atomic E-state index is 13.1. The van der Waals surface area contributed by atoms with E-state index in [2.05, 4.69) is 10.3 Å². The van der Waals surface area contributed by atoms with E-state index in [-0.39, 0.29) is 37.1 Å². The number of aromatic amines is 1. The summed E-state index contributed by atoms with van der Waals surface area (Å²) in [6.07, 6.45) is 0.973. The number of benzene rings is 2. The van der Waals surface area contributed by atoms with Crippen molar-refractivity contribution in [2.45, 2.75) is 25.0 Å². The number of H-pyrrole nitrogens is 1. The molecular weight excluding hydrogens is 440 g/mol. The Morgan fingerprint density at radius 1 is 1.26 bits per heavy atom. The molecule has 5 rings (SSSR count). The first-order valence-electron chi connectivity index (χ1n) is 11.0. The molecule has 3 heterocycles. The largest absolute Gasteiger partial charge is 0.482 e. The van der Waals surface area contributed by atoms with Gasteiger partial charge in [-0.2, -0.15) is 5.26 Å². The number of aromatic nitrogens is 1. The van der Waals surface area contributed by atoms with Crippen LogP contribution >= 0.6 is 0 Å². The van der Waals surface area contributed by atoms with Crippen LogP contribution in [0.25, 0.3) is 11.1 Å². The topological polar surface area (TPSA) is 138 Å². The molecule has 2 amide bonds. The van der Waals surface area contributed by atoms with E-state index in [4.69, 9.17) is 13.9 Å². The van der Waals surface area contributed by atoms with Crippen LogP contribution in [-0.2, 0) is 14.3 Å². The minimum atomic E-state index is -0.566. The summed E-state index contributed by atoms with van der Waals surface area (Å²) in [6.45, 7) is 0.528. The Labute approximate surface area is 194 Å². The predicted molar refractivity (Wildman–Crippen MR) is 120 cm³/mol. The van der Waals surface area contributed by atoms with Crippen molar-refractivity contribution in [1.29, 1.82) is 5.26 Å². The van der Waals surface area contributed by atoms with Crippen LogP contribution in [0.15, 0.2) is 51.7 Å². The lowest BCUT2D eigenvalue weighted by Crippen LogP contribution is -2.55. The second-order valence-electron chi connectivity index (χ2n) is 8.36. The fourth-order valence-corrected chi connectivity index (χ4v) is 4.60. The first-order chi connectivity index (χ1) is 16.5. The lowest BCUT2D eigenvalue weighted by atomic mass is 9.89. The number of anilines is 1. The van der Waals surface area contributed by atoms with Crippen molar-refractivity contribution < 1.29 is 23.5 Å². The highest BCUT2D eigenvalue weighted by molar-refractivity contribution is 5.95. The number of likely N-dealkylation sites (tertiary alicyclic amines) is 1. The van der Waals surface area contributed by atoms with E-state index < -0.39 is 11.7 Å². The highest BCUT2D eigenvalue weighted by Gasteiger charge is 2.44. The number of nitrogens with one attached hydrogen (secondary N) is 2. The van der Waals surface area contributed by atoms with Crippen LogP contribution < -0.4 is 15.8 Å². The van der Waals surface area contributed by atoms with Crippen molar-refractivity contribution >= 4 is 28.6 Å². The van der Waals surface area contributed by atoms with Crippen molar-refractivity contribution in [2.75, 3.05) is 25.1 Å². The summed E-state index contributed by atoms with van der Waals surface area (Å²) in [5.74, 6) is -1.20. The van der Waals surface area contributed by atoms with E-state index in [0.29, 0.717) is 47.5 Å². The van der Waals surface area contributed by atoms with Crippen molar-refractivity contribution in [2.24, 2.45) is 5.92 Å². The van der Waals surface area contributed by atoms with Gasteiger partial charge < -0.3 is 24.1 Å². The third kappa shape index (κ3) is 4.25. The molecule has 0 aliphatic carbocycles. The van der Waals surface area contributed by atoms with E-state index in [0.717, 1.165) is 0 Å². The number of hydrogen-bond acceptors (Lipinski definition) is 7. The van der Waals surface area contributed by atoms with Gasteiger partial charge in [0.1, 0.15) is 11.8 Å². The van der Waals surface area contributed by atoms with Gasteiger partial charge in [-0.3, -0.25) is 14.6 Å². The zero-order valence-corrected chi connectivity index (χ0v) is 18.2. The van der Waals surface area contributed by atoms with Crippen molar-refractivity contribution in [3.05, 3.63) is 58.6 Å². The normalized spacial score (nSPS) is 21.6. The third-order valence-corrected chi connectivity index (χ3v) is 6.25. The van der Waals surface area contributed by atoms with Gasteiger partial charge in [0.2, 0.25) is 5.91 Å². The first-order valence-corrected chi connectivity index (χ1v) is 11.0. The third-order valence-electron chi connectivity index (χ3n) is 6.25. The minimum absolute atomic E-state index is 0.112. The van der Waals surface area contributed by atoms with Gasteiger partial charge in [-0.15, -0.1) is 0 Å². The van der Waals surface area contributed by atoms with Gasteiger partial charge >= 0.3 is 5.76 Å². The summed E-state index contributed by atoms with van der Waals surface area (Å²) in [6, 6.07) is 13.5. The van der Waals surface area contributed by atoms with E-state index in [1.54, 1.807) is 47.4 Å². The molecule has 2 fully saturated rings. The van der Waals surface area contributed by atoms with Gasteiger partial charge in [0.15, 0.2) is 12.2 Å². The quantitative estimate of drug-likeness (QED) is 0.592. The zero-order chi connectivity index (χ0) is 23.7. The fraction of sp³-hybridized carbons (Fsp3) is 0.333. The highest BCUT2D eigenvalue weighted by Crippen LogP contribution is 2.32. The molecule has 0 unspecified atom stereocenters. The molecule has 0 spiro atoms. The molecule has 2 aliphatic rings. The lowest BCUT2D eigenvalue weighted by Gasteiger charge is -2.40. The summed E-state index contributed by atoms with van der Waals surface area (Å²) in [5, 5.41) is 12.1. The average molecular weight is 462 g/mol. The van der Waals surface area contributed by atoms with E-state index in [1.807, 2.05) is 6.07 Å². The Hall–Kier alpha value is -4.10. The van der Waals surface area contributed by atoms with Crippen LogP contribution in [0.5, 0.6) is 5.75 Å². The van der Waals surface area contributed by atoms with Crippen molar-refractivity contribution in [3.63, 3.8) is 0 Å². The van der Waals surface area contributed by atoms with Gasteiger partial charge in [-0.05, 0) is 43.2 Å². The number of para-hydroxylation sites is 1. The molecule has 174 valence electrons. The van der Waals surface area contributed by atoms with Crippen LogP contribution in [-0.4, -0.2) is 53.6 Å². The van der Waals surface area contributed by atoms with E-state index >= 15 is 0 Å². The highest BCUT2D eigenvalue weighted by atomic mass is 16.5. The number of fused-ring (bicyclic) bond motifs is 2. The van der Waals surface area contributed by atoms with Gasteiger partial charge in [0.05, 0.1) is 29.1 Å². The van der Waals surface area contributed by atoms with Crippen LogP contribution in [0, 0.1) is 17.2 Å². The Balaban J connectivity index is 1.28. The Bertz CT molecular complexity index is 1340. The van der Waals surface area contributed by atoms with E-state index in [9.17, 15) is 19.6 Å². The summed E-state index contributed by atoms with van der Waals surface area (Å²) < 4.78 is 16.4. The summed E-state index contributed by atoms with van der Waals surface area (Å²) in [7, 11) is 0. The molecule has 2 aliphatic heterocycles. The number of carbonyl (C=O) groups excluding carboxylic acids is 2. The molecule has 0 radical (unpaired) electrons. The molecule has 0 saturated carbocycles. The van der Waals surface area contributed by atoms with Crippen LogP contribution in [0.1, 0.15) is 18.4 Å². The van der Waals surface area contributed by atoms with Gasteiger partial charge in [0.25, 0.3) is 5.91 Å². The molecule has 2 N–H and O–H groups in total. The fourth-order valence-electron chi connectivity index (χ4n) is 4.60. The maximum Gasteiger partial charge on any atom is 0.417 e. The van der Waals surface area contributed by atoms with Crippen molar-refractivity contribution in [3.8, 4) is 11.8 Å². The number of oxazole rings is 1. The molecule has 10 nitrogen and oxygen atoms in total. The molecule has 10 heteroatoms. The van der Waals surface area contributed by atoms with Crippen LogP contribution in [0.3, 0.4) is 0 Å². The molecule has 3 aromatic rings. The summed E-state index contributed by atoms with van der Waals surface area (Å²) in [5.41, 5.74) is 1.75. The molecule has 2 aromatic carbocycles. The van der Waals surface area contributed by atoms with Crippen LogP contribution in [0.2, 0.25) is 0 Å². The zero-order valence-electron chi connectivity index (χ0n) is 18.2. The average Bonchev–Trinajstić information content (AvgIpc) is 3.47. The Morgan fingerprint density at radius 2 is 2.12 bits per heavy atom. The molecule has 1 aromatic heterocycles. The molecular formula is C24H22N4O6. The standard InChI is InChI=1S/C24H22N4O6/c25-11-14-3-1-2-4-19(14)33-13-22(29)28-12-15(9-21-18(28)7-8-32-21)23(30)26-16-5-6-20-17(10-16)27-24(31)34-20/h1-6,10,15,18,21H,7-9,12-13H2,(H,26,30)(H,27,31)/t15-,18+,21+/m0/s1. The monoisotopic (exact) mass is 462 g/mol. The molecule has 0 bridgehead atoms. The number of piperidine rings is 1. The second kappa shape index (κ2) is 9.03. The number of nitrogens with zero attached hydrogens (tertiary/aromatic N) is 2. The van der Waals surface area contributed by atoms with Gasteiger partial charge in [-0.1, -0.05) is 12.1 Å². The summed E-state index contributed by atoms with van der Waals surface area (Å²) in [4.78, 5) is 41.7. The lowest BCUT2D eigenvalue weighted by molar-refractivity contribution is -0.142. The molecule has 34 heavy (non-hydrogen) atoms. The Kier molecular flexibility index (Phi) is 5.77. The smallest absolute Gasteiger partial charge is 0.417 e. The van der Waals surface area contributed by atoms with Crippen LogP contribution in [0.4, 0.5) is 5.69 Å². The predicted octanol–water partition coefficient (Wildman–Crippen LogP) is 2.02. The van der Waals surface area contributed by atoms with Gasteiger partial charge in [0, 0.05) is 18.8 Å². The number of carbonyl (C=O) groups is 2. The number of amides is 2. The maximum atomic E-state index is 13.1. The molecule has 3 atom stereocenters. The number of ether oxygens (including phenoxy) is 2. The molecule has 2 saturated heterocycles. The number of rotatable bonds is 5. The number of hydrogen-bond donors (Lipinski definition) is 2. The summed E-state index contributed by atoms with van der Waals surface area (Å²) >= 11 is 0.